The summed E-state index contributed by atoms with van der Waals surface area (Å²) in [5.74, 6) is 0.987. The van der Waals surface area contributed by atoms with E-state index in [4.69, 9.17) is 4.74 Å². The highest BCUT2D eigenvalue weighted by molar-refractivity contribution is 5.29. The molecule has 0 spiro atoms. The molecule has 0 aliphatic heterocycles. The van der Waals surface area contributed by atoms with E-state index < -0.39 is 0 Å². The van der Waals surface area contributed by atoms with Crippen molar-refractivity contribution in [2.75, 3.05) is 6.61 Å². The van der Waals surface area contributed by atoms with E-state index in [1.54, 1.807) is 0 Å². The van der Waals surface area contributed by atoms with Crippen LogP contribution in [0.15, 0.2) is 48.5 Å². The maximum atomic E-state index is 5.90. The van der Waals surface area contributed by atoms with Crippen LogP contribution in [0.3, 0.4) is 0 Å². The molecular weight excluding hydrogens is 330 g/mol. The fourth-order valence-electron chi connectivity index (χ4n) is 3.43. The van der Waals surface area contributed by atoms with Crippen molar-refractivity contribution in [3.63, 3.8) is 0 Å². The first-order valence-electron chi connectivity index (χ1n) is 10.7. The number of unbranched alkanes of at least 4 members (excludes halogenated alkanes) is 5. The Morgan fingerprint density at radius 3 is 2.33 bits per heavy atom. The summed E-state index contributed by atoms with van der Waals surface area (Å²) in [7, 11) is 0. The molecule has 0 amide bonds. The molecule has 2 heteroatoms. The van der Waals surface area contributed by atoms with Crippen LogP contribution in [-0.2, 0) is 6.54 Å². The van der Waals surface area contributed by atoms with Gasteiger partial charge in [-0.1, -0.05) is 87.9 Å². The Hall–Kier alpha value is -1.80. The lowest BCUT2D eigenvalue weighted by atomic mass is 10.0. The maximum absolute atomic E-state index is 5.90. The molecule has 2 nitrogen and oxygen atoms in total. The third-order valence-electron chi connectivity index (χ3n) is 5.09. The van der Waals surface area contributed by atoms with Crippen LogP contribution < -0.4 is 10.1 Å². The van der Waals surface area contributed by atoms with Crippen LogP contribution in [0.4, 0.5) is 0 Å². The molecule has 0 bridgehead atoms. The minimum absolute atomic E-state index is 0.373. The normalized spacial score (nSPS) is 12.1. The monoisotopic (exact) mass is 367 g/mol. The Morgan fingerprint density at radius 2 is 1.63 bits per heavy atom. The molecule has 148 valence electrons. The number of rotatable bonds is 13. The van der Waals surface area contributed by atoms with Crippen LogP contribution in [0.2, 0.25) is 0 Å². The molecule has 0 fully saturated rings. The predicted molar refractivity (Wildman–Crippen MR) is 116 cm³/mol. The minimum atomic E-state index is 0.373. The first-order valence-corrected chi connectivity index (χ1v) is 10.7. The molecular formula is C25H37NO. The third-order valence-corrected chi connectivity index (χ3v) is 5.09. The van der Waals surface area contributed by atoms with E-state index in [0.29, 0.717) is 6.04 Å². The summed E-state index contributed by atoms with van der Waals surface area (Å²) in [6.45, 7) is 8.36. The van der Waals surface area contributed by atoms with Gasteiger partial charge < -0.3 is 10.1 Å². The van der Waals surface area contributed by atoms with Crippen LogP contribution in [0.5, 0.6) is 5.75 Å². The number of benzene rings is 2. The molecule has 2 rings (SSSR count). The first-order chi connectivity index (χ1) is 13.2. The fourth-order valence-corrected chi connectivity index (χ4v) is 3.43. The van der Waals surface area contributed by atoms with Gasteiger partial charge in [0.15, 0.2) is 0 Å². The largest absolute Gasteiger partial charge is 0.494 e. The molecule has 2 aromatic carbocycles. The van der Waals surface area contributed by atoms with Crippen LogP contribution in [0.1, 0.15) is 81.5 Å². The summed E-state index contributed by atoms with van der Waals surface area (Å²) < 4.78 is 5.90. The molecule has 2 aromatic rings. The molecule has 0 aliphatic rings. The molecule has 1 unspecified atom stereocenters. The zero-order valence-corrected chi connectivity index (χ0v) is 17.5. The van der Waals surface area contributed by atoms with E-state index in [9.17, 15) is 0 Å². The molecule has 0 aromatic heterocycles. The Balaban J connectivity index is 1.75. The molecule has 1 atom stereocenters. The van der Waals surface area contributed by atoms with E-state index in [0.717, 1.165) is 31.7 Å². The molecule has 0 aliphatic carbocycles. The highest BCUT2D eigenvalue weighted by Crippen LogP contribution is 2.21. The second-order valence-corrected chi connectivity index (χ2v) is 7.52. The highest BCUT2D eigenvalue weighted by Gasteiger charge is 2.09. The van der Waals surface area contributed by atoms with Gasteiger partial charge in [-0.25, -0.2) is 0 Å². The molecule has 1 N–H and O–H groups in total. The second kappa shape index (κ2) is 12.6. The number of hydrogen-bond acceptors (Lipinski definition) is 2. The third kappa shape index (κ3) is 8.17. The van der Waals surface area contributed by atoms with Crippen molar-refractivity contribution in [1.82, 2.24) is 5.32 Å². The first kappa shape index (κ1) is 21.5. The van der Waals surface area contributed by atoms with Gasteiger partial charge in [0.2, 0.25) is 0 Å². The van der Waals surface area contributed by atoms with Gasteiger partial charge in [-0.2, -0.15) is 0 Å². The number of hydrogen-bond donors (Lipinski definition) is 1. The van der Waals surface area contributed by atoms with Crippen molar-refractivity contribution < 1.29 is 4.74 Å². The van der Waals surface area contributed by atoms with E-state index in [-0.39, 0.29) is 0 Å². The number of nitrogens with one attached hydrogen (secondary N) is 1. The molecule has 27 heavy (non-hydrogen) atoms. The van der Waals surface area contributed by atoms with Gasteiger partial charge in [-0.05, 0) is 43.0 Å². The zero-order chi connectivity index (χ0) is 19.3. The number of aryl methyl sites for hydroxylation is 1. The standard InChI is InChI=1S/C25H37NO/c1-4-6-7-8-9-10-18-27-24-16-14-23(15-17-24)25(5-2)26-20-22-13-11-12-21(3)19-22/h11-17,19,25-26H,4-10,18,20H2,1-3H3. The van der Waals surface area contributed by atoms with Gasteiger partial charge in [0, 0.05) is 12.6 Å². The van der Waals surface area contributed by atoms with Crippen molar-refractivity contribution in [3.8, 4) is 5.75 Å². The van der Waals surface area contributed by atoms with Gasteiger partial charge in [0.25, 0.3) is 0 Å². The van der Waals surface area contributed by atoms with Crippen LogP contribution in [-0.4, -0.2) is 6.61 Å². The predicted octanol–water partition coefficient (Wildman–Crippen LogP) is 6.98. The second-order valence-electron chi connectivity index (χ2n) is 7.52. The molecule has 0 saturated heterocycles. The lowest BCUT2D eigenvalue weighted by Crippen LogP contribution is -2.20. The summed E-state index contributed by atoms with van der Waals surface area (Å²) in [6.07, 6.45) is 8.87. The Bertz CT molecular complexity index is 635. The summed E-state index contributed by atoms with van der Waals surface area (Å²) in [5, 5.41) is 3.68. The topological polar surface area (TPSA) is 21.3 Å². The summed E-state index contributed by atoms with van der Waals surface area (Å²) in [4.78, 5) is 0. The van der Waals surface area contributed by atoms with E-state index in [1.807, 2.05) is 0 Å². The lowest BCUT2D eigenvalue weighted by molar-refractivity contribution is 0.304. The minimum Gasteiger partial charge on any atom is -0.494 e. The molecule has 0 heterocycles. The fraction of sp³-hybridized carbons (Fsp3) is 0.520. The Kier molecular flexibility index (Phi) is 10.0. The Labute approximate surface area is 166 Å². The van der Waals surface area contributed by atoms with Gasteiger partial charge in [0.05, 0.1) is 6.61 Å². The van der Waals surface area contributed by atoms with E-state index in [2.05, 4.69) is 74.6 Å². The summed E-state index contributed by atoms with van der Waals surface area (Å²) in [6, 6.07) is 17.7. The van der Waals surface area contributed by atoms with E-state index in [1.165, 1.54) is 48.8 Å². The van der Waals surface area contributed by atoms with Crippen LogP contribution >= 0.6 is 0 Å². The van der Waals surface area contributed by atoms with Crippen molar-refractivity contribution in [2.45, 2.75) is 78.3 Å². The van der Waals surface area contributed by atoms with Crippen molar-refractivity contribution in [1.29, 1.82) is 0 Å². The smallest absolute Gasteiger partial charge is 0.119 e. The average molecular weight is 368 g/mol. The maximum Gasteiger partial charge on any atom is 0.119 e. The molecule has 0 saturated carbocycles. The van der Waals surface area contributed by atoms with E-state index >= 15 is 0 Å². The van der Waals surface area contributed by atoms with Crippen molar-refractivity contribution in [3.05, 3.63) is 65.2 Å². The SMILES string of the molecule is CCCCCCCCOc1ccc(C(CC)NCc2cccc(C)c2)cc1. The summed E-state index contributed by atoms with van der Waals surface area (Å²) >= 11 is 0. The average Bonchev–Trinajstić information content (AvgIpc) is 2.69. The Morgan fingerprint density at radius 1 is 0.889 bits per heavy atom. The number of ether oxygens (including phenoxy) is 1. The van der Waals surface area contributed by atoms with Gasteiger partial charge in [0.1, 0.15) is 5.75 Å². The van der Waals surface area contributed by atoms with Crippen LogP contribution in [0, 0.1) is 6.92 Å². The highest BCUT2D eigenvalue weighted by atomic mass is 16.5. The lowest BCUT2D eigenvalue weighted by Gasteiger charge is -2.18. The molecule has 0 radical (unpaired) electrons. The summed E-state index contributed by atoms with van der Waals surface area (Å²) in [5.41, 5.74) is 3.98. The van der Waals surface area contributed by atoms with Gasteiger partial charge in [-0.15, -0.1) is 0 Å². The van der Waals surface area contributed by atoms with Gasteiger partial charge in [-0.3, -0.25) is 0 Å². The van der Waals surface area contributed by atoms with Crippen molar-refractivity contribution >= 4 is 0 Å². The quantitative estimate of drug-likeness (QED) is 0.386. The van der Waals surface area contributed by atoms with Gasteiger partial charge >= 0.3 is 0 Å². The van der Waals surface area contributed by atoms with Crippen molar-refractivity contribution in [2.24, 2.45) is 0 Å². The van der Waals surface area contributed by atoms with Crippen LogP contribution in [0.25, 0.3) is 0 Å². The zero-order valence-electron chi connectivity index (χ0n) is 17.5.